The zero-order chi connectivity index (χ0) is 16.5. The Bertz CT molecular complexity index is 710. The van der Waals surface area contributed by atoms with Gasteiger partial charge in [0.25, 0.3) is 0 Å². The van der Waals surface area contributed by atoms with Crippen molar-refractivity contribution < 1.29 is 4.79 Å². The normalized spacial score (nSPS) is 24.1. The van der Waals surface area contributed by atoms with Gasteiger partial charge in [-0.2, -0.15) is 0 Å². The van der Waals surface area contributed by atoms with Crippen molar-refractivity contribution in [3.8, 4) is 10.6 Å². The van der Waals surface area contributed by atoms with Gasteiger partial charge in [0.1, 0.15) is 5.01 Å². The van der Waals surface area contributed by atoms with Crippen LogP contribution < -0.4 is 5.73 Å². The second kappa shape index (κ2) is 6.65. The molecular weight excluding hydrogens is 318 g/mol. The third kappa shape index (κ3) is 2.98. The molecule has 1 saturated heterocycles. The molecule has 2 N–H and O–H groups in total. The fourth-order valence-electron chi connectivity index (χ4n) is 3.63. The lowest BCUT2D eigenvalue weighted by Gasteiger charge is -2.33. The molecule has 4 nitrogen and oxygen atoms in total. The number of nitrogens with zero attached hydrogens (tertiary/aromatic N) is 2. The number of aromatic nitrogens is 1. The smallest absolute Gasteiger partial charge is 0.225 e. The van der Waals surface area contributed by atoms with Crippen LogP contribution in [0.3, 0.4) is 0 Å². The predicted octanol–water partition coefficient (Wildman–Crippen LogP) is 3.08. The molecular formula is C19H23N3OS. The Hall–Kier alpha value is -1.72. The Labute approximate surface area is 146 Å². The number of thiazole rings is 1. The Morgan fingerprint density at radius 2 is 2.04 bits per heavy atom. The van der Waals surface area contributed by atoms with Gasteiger partial charge in [-0.05, 0) is 19.3 Å². The van der Waals surface area contributed by atoms with Crippen LogP contribution in [0.15, 0.2) is 35.7 Å². The molecule has 0 radical (unpaired) electrons. The van der Waals surface area contributed by atoms with Gasteiger partial charge in [0.05, 0.1) is 11.7 Å². The topological polar surface area (TPSA) is 59.2 Å². The van der Waals surface area contributed by atoms with Crippen LogP contribution in [-0.2, 0) is 11.2 Å². The van der Waals surface area contributed by atoms with Gasteiger partial charge >= 0.3 is 0 Å². The molecule has 1 aromatic heterocycles. The fourth-order valence-corrected chi connectivity index (χ4v) is 4.47. The van der Waals surface area contributed by atoms with Gasteiger partial charge in [-0.25, -0.2) is 4.98 Å². The number of rotatable bonds is 4. The maximum absolute atomic E-state index is 12.7. The van der Waals surface area contributed by atoms with Crippen molar-refractivity contribution in [3.63, 3.8) is 0 Å². The number of hydrogen-bond acceptors (Lipinski definition) is 4. The highest BCUT2D eigenvalue weighted by molar-refractivity contribution is 7.13. The summed E-state index contributed by atoms with van der Waals surface area (Å²) in [4.78, 5) is 19.5. The van der Waals surface area contributed by atoms with Crippen LogP contribution in [0.4, 0.5) is 0 Å². The molecule has 1 aliphatic carbocycles. The molecule has 2 aromatic rings. The largest absolute Gasteiger partial charge is 0.337 e. The summed E-state index contributed by atoms with van der Waals surface area (Å²) in [6.07, 6.45) is 4.95. The van der Waals surface area contributed by atoms with Crippen LogP contribution in [0.25, 0.3) is 10.6 Å². The second-order valence-corrected chi connectivity index (χ2v) is 7.75. The van der Waals surface area contributed by atoms with Crippen molar-refractivity contribution >= 4 is 17.2 Å². The molecule has 1 amide bonds. The average molecular weight is 341 g/mol. The number of hydrogen-bond donors (Lipinski definition) is 1. The summed E-state index contributed by atoms with van der Waals surface area (Å²) < 4.78 is 0. The van der Waals surface area contributed by atoms with Gasteiger partial charge in [0.2, 0.25) is 5.91 Å². The fraction of sp³-hybridized carbons (Fsp3) is 0.474. The SMILES string of the molecule is NC1CCN(C(=O)C2CCC2)C1Cc1csc(-c2ccccc2)n1. The van der Waals surface area contributed by atoms with E-state index in [9.17, 15) is 4.79 Å². The van der Waals surface area contributed by atoms with Crippen molar-refractivity contribution in [2.24, 2.45) is 11.7 Å². The van der Waals surface area contributed by atoms with E-state index in [4.69, 9.17) is 10.7 Å². The highest BCUT2D eigenvalue weighted by Crippen LogP contribution is 2.32. The van der Waals surface area contributed by atoms with E-state index in [0.717, 1.165) is 48.5 Å². The molecule has 4 rings (SSSR count). The van der Waals surface area contributed by atoms with Crippen molar-refractivity contribution in [1.82, 2.24) is 9.88 Å². The molecule has 1 saturated carbocycles. The Morgan fingerprint density at radius 1 is 1.25 bits per heavy atom. The molecule has 1 aliphatic heterocycles. The summed E-state index contributed by atoms with van der Waals surface area (Å²) in [5.74, 6) is 0.561. The lowest BCUT2D eigenvalue weighted by Crippen LogP contribution is -2.47. The van der Waals surface area contributed by atoms with Crippen LogP contribution >= 0.6 is 11.3 Å². The van der Waals surface area contributed by atoms with Gasteiger partial charge < -0.3 is 10.6 Å². The number of likely N-dealkylation sites (tertiary alicyclic amines) is 1. The molecule has 0 spiro atoms. The summed E-state index contributed by atoms with van der Waals surface area (Å²) >= 11 is 1.66. The second-order valence-electron chi connectivity index (χ2n) is 6.89. The molecule has 5 heteroatoms. The van der Waals surface area contributed by atoms with Gasteiger partial charge in [0, 0.05) is 35.9 Å². The van der Waals surface area contributed by atoms with Gasteiger partial charge in [-0.1, -0.05) is 36.8 Å². The third-order valence-electron chi connectivity index (χ3n) is 5.33. The number of nitrogens with two attached hydrogens (primary N) is 1. The van der Waals surface area contributed by atoms with E-state index in [1.165, 1.54) is 6.42 Å². The van der Waals surface area contributed by atoms with Crippen molar-refractivity contribution in [2.45, 2.75) is 44.2 Å². The lowest BCUT2D eigenvalue weighted by molar-refractivity contribution is -0.139. The number of carbonyl (C=O) groups is 1. The van der Waals surface area contributed by atoms with Crippen molar-refractivity contribution in [2.75, 3.05) is 6.54 Å². The average Bonchev–Trinajstić information content (AvgIpc) is 3.15. The molecule has 1 aromatic carbocycles. The third-order valence-corrected chi connectivity index (χ3v) is 6.27. The van der Waals surface area contributed by atoms with E-state index in [-0.39, 0.29) is 18.0 Å². The Balaban J connectivity index is 1.49. The minimum Gasteiger partial charge on any atom is -0.337 e. The molecule has 2 atom stereocenters. The number of benzene rings is 1. The molecule has 0 bridgehead atoms. The summed E-state index contributed by atoms with van der Waals surface area (Å²) in [6.45, 7) is 0.802. The zero-order valence-corrected chi connectivity index (χ0v) is 14.5. The Kier molecular flexibility index (Phi) is 4.37. The first-order chi connectivity index (χ1) is 11.7. The first-order valence-electron chi connectivity index (χ1n) is 8.78. The van der Waals surface area contributed by atoms with E-state index in [1.54, 1.807) is 11.3 Å². The van der Waals surface area contributed by atoms with E-state index in [1.807, 2.05) is 23.1 Å². The molecule has 2 fully saturated rings. The summed E-state index contributed by atoms with van der Waals surface area (Å²) in [5, 5.41) is 3.15. The van der Waals surface area contributed by atoms with E-state index in [2.05, 4.69) is 17.5 Å². The lowest BCUT2D eigenvalue weighted by atomic mass is 9.84. The van der Waals surface area contributed by atoms with Crippen molar-refractivity contribution in [3.05, 3.63) is 41.4 Å². The molecule has 2 aliphatic rings. The predicted molar refractivity (Wildman–Crippen MR) is 96.7 cm³/mol. The maximum atomic E-state index is 12.7. The van der Waals surface area contributed by atoms with E-state index >= 15 is 0 Å². The minimum absolute atomic E-state index is 0.0656. The van der Waals surface area contributed by atoms with Gasteiger partial charge in [0.15, 0.2) is 0 Å². The quantitative estimate of drug-likeness (QED) is 0.930. The number of amides is 1. The minimum atomic E-state index is 0.0656. The highest BCUT2D eigenvalue weighted by atomic mass is 32.1. The molecule has 2 heterocycles. The highest BCUT2D eigenvalue weighted by Gasteiger charge is 2.39. The first kappa shape index (κ1) is 15.8. The van der Waals surface area contributed by atoms with Crippen LogP contribution in [0.5, 0.6) is 0 Å². The Morgan fingerprint density at radius 3 is 2.75 bits per heavy atom. The summed E-state index contributed by atoms with van der Waals surface area (Å²) in [5.41, 5.74) is 8.51. The zero-order valence-electron chi connectivity index (χ0n) is 13.7. The van der Waals surface area contributed by atoms with Crippen molar-refractivity contribution in [1.29, 1.82) is 0 Å². The standard InChI is InChI=1S/C19H23N3OS/c20-16-9-10-22(19(23)14-7-4-8-14)17(16)11-15-12-24-18(21-15)13-5-2-1-3-6-13/h1-3,5-6,12,14,16-17H,4,7-11,20H2. The van der Waals surface area contributed by atoms with Crippen LogP contribution in [-0.4, -0.2) is 34.4 Å². The van der Waals surface area contributed by atoms with Crippen LogP contribution in [0.2, 0.25) is 0 Å². The maximum Gasteiger partial charge on any atom is 0.225 e. The van der Waals surface area contributed by atoms with Crippen LogP contribution in [0.1, 0.15) is 31.4 Å². The monoisotopic (exact) mass is 341 g/mol. The summed E-state index contributed by atoms with van der Waals surface area (Å²) in [6, 6.07) is 10.4. The first-order valence-corrected chi connectivity index (χ1v) is 9.66. The molecule has 2 unspecified atom stereocenters. The van der Waals surface area contributed by atoms with E-state index in [0.29, 0.717) is 5.91 Å². The van der Waals surface area contributed by atoms with E-state index < -0.39 is 0 Å². The molecule has 126 valence electrons. The number of carbonyl (C=O) groups excluding carboxylic acids is 1. The van der Waals surface area contributed by atoms with Gasteiger partial charge in [-0.15, -0.1) is 11.3 Å². The van der Waals surface area contributed by atoms with Gasteiger partial charge in [-0.3, -0.25) is 4.79 Å². The summed E-state index contributed by atoms with van der Waals surface area (Å²) in [7, 11) is 0. The van der Waals surface area contributed by atoms with Crippen LogP contribution in [0, 0.1) is 5.92 Å². The molecule has 24 heavy (non-hydrogen) atoms.